The average molecular weight is 557 g/mol. The molecule has 0 saturated heterocycles. The first kappa shape index (κ1) is 30.0. The fraction of sp³-hybridized carbons (Fsp3) is 0.480. The number of aromatic nitrogens is 3. The van der Waals surface area contributed by atoms with E-state index in [9.17, 15) is 9.59 Å². The summed E-state index contributed by atoms with van der Waals surface area (Å²) in [6.07, 6.45) is 7.22. The maximum atomic E-state index is 13.5. The number of carbonyl (C=O) groups is 2. The second-order valence-corrected chi connectivity index (χ2v) is 9.76. The summed E-state index contributed by atoms with van der Waals surface area (Å²) in [5.74, 6) is 1.92. The fourth-order valence-corrected chi connectivity index (χ4v) is 5.21. The fourth-order valence-electron chi connectivity index (χ4n) is 4.81. The van der Waals surface area contributed by atoms with Crippen molar-refractivity contribution < 1.29 is 31.3 Å². The maximum Gasteiger partial charge on any atom is 0.413 e. The summed E-state index contributed by atoms with van der Waals surface area (Å²) in [5.41, 5.74) is 8.77. The van der Waals surface area contributed by atoms with Crippen molar-refractivity contribution in [2.24, 2.45) is 18.7 Å². The third-order valence-corrected chi connectivity index (χ3v) is 7.39. The zero-order valence-corrected chi connectivity index (χ0v) is 23.4. The number of carbonyl (C=O) groups excluding carboxylic acids is 2. The molecule has 4 rings (SSSR count). The van der Waals surface area contributed by atoms with E-state index in [0.29, 0.717) is 26.2 Å². The highest BCUT2D eigenvalue weighted by atomic mass is 35.5. The molecule has 1 atom stereocenters. The van der Waals surface area contributed by atoms with E-state index in [1.165, 1.54) is 0 Å². The van der Waals surface area contributed by atoms with Crippen molar-refractivity contribution in [3.8, 4) is 0 Å². The Balaban J connectivity index is 0.00000228. The van der Waals surface area contributed by atoms with Gasteiger partial charge in [0.1, 0.15) is 18.9 Å². The van der Waals surface area contributed by atoms with Crippen LogP contribution in [0.25, 0.3) is 10.9 Å². The van der Waals surface area contributed by atoms with Crippen LogP contribution in [-0.2, 0) is 31.5 Å². The molecule has 198 valence electrons. The summed E-state index contributed by atoms with van der Waals surface area (Å²) < 4.78 is 11.7. The zero-order valence-electron chi connectivity index (χ0n) is 21.0. The number of imidazole rings is 1. The van der Waals surface area contributed by atoms with Gasteiger partial charge in [-0.25, -0.2) is 9.36 Å². The van der Waals surface area contributed by atoms with Gasteiger partial charge < -0.3 is 32.3 Å². The molecule has 2 aromatic heterocycles. The molecule has 2 heterocycles. The van der Waals surface area contributed by atoms with Crippen LogP contribution in [0.5, 0.6) is 0 Å². The van der Waals surface area contributed by atoms with Crippen molar-refractivity contribution in [1.29, 1.82) is 0 Å². The average Bonchev–Trinajstić information content (AvgIpc) is 3.34. The number of rotatable bonds is 9. The van der Waals surface area contributed by atoms with E-state index in [4.69, 9.17) is 10.5 Å². The molecule has 11 heteroatoms. The molecule has 1 aliphatic carbocycles. The van der Waals surface area contributed by atoms with E-state index in [1.807, 2.05) is 55.4 Å². The first-order valence-corrected chi connectivity index (χ1v) is 13.1. The highest BCUT2D eigenvalue weighted by Crippen LogP contribution is 2.34. The molecule has 3 aromatic rings. The van der Waals surface area contributed by atoms with Gasteiger partial charge in [0.25, 0.3) is 5.82 Å². The van der Waals surface area contributed by atoms with E-state index in [1.54, 1.807) is 16.7 Å². The number of thioether (sulfide) groups is 1. The number of para-hydroxylation sites is 1. The number of Topliss-reactive ketones (excluding diaryl/α,β-unsaturated/α-hetero) is 1. The normalized spacial score (nSPS) is 14.7. The van der Waals surface area contributed by atoms with Crippen molar-refractivity contribution in [2.45, 2.75) is 33.0 Å². The van der Waals surface area contributed by atoms with Gasteiger partial charge in [-0.1, -0.05) is 18.2 Å². The second-order valence-electron chi connectivity index (χ2n) is 8.77. The molecule has 8 nitrogen and oxygen atoms in total. The van der Waals surface area contributed by atoms with Gasteiger partial charge >= 0.3 is 6.09 Å². The third-order valence-electron chi connectivity index (χ3n) is 6.80. The van der Waals surface area contributed by atoms with Crippen LogP contribution in [0.15, 0.2) is 36.7 Å². The quantitative estimate of drug-likeness (QED) is 0.380. The number of ether oxygens (including phenoxy) is 1. The van der Waals surface area contributed by atoms with Crippen molar-refractivity contribution in [2.75, 3.05) is 31.6 Å². The predicted octanol–water partition coefficient (Wildman–Crippen LogP) is 0.165. The molecule has 36 heavy (non-hydrogen) atoms. The van der Waals surface area contributed by atoms with Crippen molar-refractivity contribution >= 4 is 46.9 Å². The maximum absolute atomic E-state index is 13.5. The summed E-state index contributed by atoms with van der Waals surface area (Å²) in [7, 11) is 2.05. The van der Waals surface area contributed by atoms with Crippen molar-refractivity contribution in [3.05, 3.63) is 53.7 Å². The van der Waals surface area contributed by atoms with E-state index in [0.717, 1.165) is 46.6 Å². The SMILES string of the molecule is CSCCN(CCN)C(=O)OC[n+]1ccn(CC2CCc3c(c4ccccc4n3C)C2=O)c1C.Cl.[Cl-]. The van der Waals surface area contributed by atoms with Crippen LogP contribution in [0.2, 0.25) is 0 Å². The summed E-state index contributed by atoms with van der Waals surface area (Å²) in [4.78, 5) is 27.6. The van der Waals surface area contributed by atoms with Gasteiger partial charge in [0.15, 0.2) is 5.78 Å². The Morgan fingerprint density at radius 1 is 1.31 bits per heavy atom. The molecule has 1 amide bonds. The van der Waals surface area contributed by atoms with Crippen molar-refractivity contribution in [1.82, 2.24) is 14.0 Å². The van der Waals surface area contributed by atoms with Gasteiger partial charge in [-0.2, -0.15) is 16.3 Å². The highest BCUT2D eigenvalue weighted by Gasteiger charge is 2.34. The number of nitrogens with zero attached hydrogens (tertiary/aromatic N) is 4. The third kappa shape index (κ3) is 6.02. The minimum Gasteiger partial charge on any atom is -1.00 e. The lowest BCUT2D eigenvalue weighted by Gasteiger charge is -2.21. The highest BCUT2D eigenvalue weighted by molar-refractivity contribution is 7.98. The Kier molecular flexibility index (Phi) is 11.2. The number of ketones is 1. The second kappa shape index (κ2) is 13.4. The Bertz CT molecular complexity index is 1200. The van der Waals surface area contributed by atoms with Crippen LogP contribution in [0.4, 0.5) is 4.79 Å². The topological polar surface area (TPSA) is 86.4 Å². The number of hydrogen-bond acceptors (Lipinski definition) is 5. The zero-order chi connectivity index (χ0) is 24.2. The number of amides is 1. The molecular weight excluding hydrogens is 521 g/mol. The van der Waals surface area contributed by atoms with Gasteiger partial charge in [-0.15, -0.1) is 12.4 Å². The molecule has 1 unspecified atom stereocenters. The van der Waals surface area contributed by atoms with E-state index < -0.39 is 0 Å². The van der Waals surface area contributed by atoms with Crippen LogP contribution in [0.1, 0.15) is 28.3 Å². The Morgan fingerprint density at radius 2 is 2.06 bits per heavy atom. The van der Waals surface area contributed by atoms with Crippen molar-refractivity contribution in [3.63, 3.8) is 0 Å². The Labute approximate surface area is 229 Å². The molecule has 1 aliphatic rings. The molecule has 0 aliphatic heterocycles. The van der Waals surface area contributed by atoms with Crippen LogP contribution < -0.4 is 22.7 Å². The molecule has 1 aromatic carbocycles. The summed E-state index contributed by atoms with van der Waals surface area (Å²) in [6.45, 7) is 4.22. The minimum absolute atomic E-state index is 0. The summed E-state index contributed by atoms with van der Waals surface area (Å²) in [6, 6.07) is 8.13. The van der Waals surface area contributed by atoms with Gasteiger partial charge in [0, 0.05) is 61.5 Å². The van der Waals surface area contributed by atoms with Gasteiger partial charge in [-0.05, 0) is 25.2 Å². The molecule has 0 radical (unpaired) electrons. The lowest BCUT2D eigenvalue weighted by molar-refractivity contribution is -0.732. The lowest BCUT2D eigenvalue weighted by Crippen LogP contribution is -3.00. The predicted molar refractivity (Wildman–Crippen MR) is 141 cm³/mol. The number of nitrogens with two attached hydrogens (primary N) is 1. The first-order valence-electron chi connectivity index (χ1n) is 11.7. The smallest absolute Gasteiger partial charge is 0.413 e. The van der Waals surface area contributed by atoms with Crippen LogP contribution in [0, 0.1) is 12.8 Å². The van der Waals surface area contributed by atoms with Crippen LogP contribution >= 0.6 is 24.2 Å². The van der Waals surface area contributed by atoms with E-state index >= 15 is 0 Å². The van der Waals surface area contributed by atoms with Crippen LogP contribution in [-0.4, -0.2) is 57.6 Å². The molecule has 0 saturated carbocycles. The summed E-state index contributed by atoms with van der Waals surface area (Å²) >= 11 is 1.68. The largest absolute Gasteiger partial charge is 1.00 e. The Morgan fingerprint density at radius 3 is 2.78 bits per heavy atom. The van der Waals surface area contributed by atoms with Crippen LogP contribution in [0.3, 0.4) is 0 Å². The van der Waals surface area contributed by atoms with E-state index in [2.05, 4.69) is 15.2 Å². The standard InChI is InChI=1S/C25H34N5O3S.2ClH/c1-18-29(12-13-30(18)17-33-25(32)28(11-10-26)14-15-34-3)16-19-8-9-22-23(24(19)31)20-6-4-5-7-21(20)27(22)2;;/h4-7,12-13,19H,8-11,14-17,26H2,1-3H3;2*1H/q+1;;/p-1. The first-order chi connectivity index (χ1) is 16.5. The number of benzene rings is 1. The van der Waals surface area contributed by atoms with Gasteiger partial charge in [0.05, 0.1) is 5.92 Å². The van der Waals surface area contributed by atoms with Gasteiger partial charge in [-0.3, -0.25) is 4.79 Å². The van der Waals surface area contributed by atoms with E-state index in [-0.39, 0.29) is 49.3 Å². The Hall–Kier alpha value is -2.20. The number of fused-ring (bicyclic) bond motifs is 3. The monoisotopic (exact) mass is 555 g/mol. The molecule has 0 spiro atoms. The number of hydrogen-bond donors (Lipinski definition) is 1. The van der Waals surface area contributed by atoms with Gasteiger partial charge in [0.2, 0.25) is 6.73 Å². The summed E-state index contributed by atoms with van der Waals surface area (Å²) in [5, 5.41) is 1.05. The number of halogens is 2. The molecule has 0 fully saturated rings. The lowest BCUT2D eigenvalue weighted by atomic mass is 9.85. The molecule has 0 bridgehead atoms. The minimum atomic E-state index is -0.356. The molecule has 2 N–H and O–H groups in total. The molecular formula is C25H35Cl2N5O3S. The number of aryl methyl sites for hydroxylation is 1.